The first kappa shape index (κ1) is 16.3. The van der Waals surface area contributed by atoms with Gasteiger partial charge in [0.2, 0.25) is 0 Å². The van der Waals surface area contributed by atoms with Gasteiger partial charge in [0.25, 0.3) is 0 Å². The summed E-state index contributed by atoms with van der Waals surface area (Å²) in [7, 11) is 0. The fourth-order valence-corrected chi connectivity index (χ4v) is 2.80. The third kappa shape index (κ3) is 4.73. The molecule has 21 heavy (non-hydrogen) atoms. The number of halogens is 2. The first-order valence-electron chi connectivity index (χ1n) is 7.61. The standard InChI is InChI=1S/C16H24F2N2O/c1-3-19-16(13-8-14(17)10-15(18)9-13)4-5-20-6-7-21-11-12(20)2/h8-10,12,16,19H,3-7,11H2,1-2H3. The molecule has 0 aromatic heterocycles. The van der Waals surface area contributed by atoms with E-state index in [-0.39, 0.29) is 6.04 Å². The topological polar surface area (TPSA) is 24.5 Å². The van der Waals surface area contributed by atoms with E-state index in [1.165, 1.54) is 12.1 Å². The summed E-state index contributed by atoms with van der Waals surface area (Å²) < 4.78 is 32.2. The van der Waals surface area contributed by atoms with Crippen molar-refractivity contribution in [3.8, 4) is 0 Å². The molecule has 0 amide bonds. The van der Waals surface area contributed by atoms with Crippen molar-refractivity contribution in [1.29, 1.82) is 0 Å². The van der Waals surface area contributed by atoms with Gasteiger partial charge in [-0.15, -0.1) is 0 Å². The van der Waals surface area contributed by atoms with E-state index in [0.717, 1.165) is 45.3 Å². The van der Waals surface area contributed by atoms with Gasteiger partial charge in [-0.1, -0.05) is 6.92 Å². The lowest BCUT2D eigenvalue weighted by molar-refractivity contribution is -0.00181. The molecule has 1 aromatic rings. The highest BCUT2D eigenvalue weighted by molar-refractivity contribution is 5.21. The zero-order chi connectivity index (χ0) is 15.2. The van der Waals surface area contributed by atoms with Crippen molar-refractivity contribution in [2.24, 2.45) is 0 Å². The van der Waals surface area contributed by atoms with Gasteiger partial charge in [0.05, 0.1) is 13.2 Å². The molecule has 5 heteroatoms. The Morgan fingerprint density at radius 3 is 2.67 bits per heavy atom. The van der Waals surface area contributed by atoms with Gasteiger partial charge in [-0.25, -0.2) is 8.78 Å². The fourth-order valence-electron chi connectivity index (χ4n) is 2.80. The Balaban J connectivity index is 2.01. The second kappa shape index (κ2) is 7.82. The SMILES string of the molecule is CCNC(CCN1CCOCC1C)c1cc(F)cc(F)c1. The molecule has 1 aliphatic rings. The van der Waals surface area contributed by atoms with Crippen LogP contribution < -0.4 is 5.32 Å². The zero-order valence-corrected chi connectivity index (χ0v) is 12.7. The highest BCUT2D eigenvalue weighted by atomic mass is 19.1. The lowest BCUT2D eigenvalue weighted by Gasteiger charge is -2.34. The second-order valence-corrected chi connectivity index (χ2v) is 5.56. The molecule has 3 nitrogen and oxygen atoms in total. The van der Waals surface area contributed by atoms with Crippen LogP contribution in [0.1, 0.15) is 31.9 Å². The summed E-state index contributed by atoms with van der Waals surface area (Å²) in [5, 5.41) is 3.32. The minimum atomic E-state index is -0.521. The van der Waals surface area contributed by atoms with Crippen LogP contribution in [0.15, 0.2) is 18.2 Å². The van der Waals surface area contributed by atoms with E-state index in [1.807, 2.05) is 6.92 Å². The number of rotatable bonds is 6. The van der Waals surface area contributed by atoms with Crippen LogP contribution in [0.4, 0.5) is 8.78 Å². The van der Waals surface area contributed by atoms with Crippen LogP contribution in [0.3, 0.4) is 0 Å². The molecular weight excluding hydrogens is 274 g/mol. The van der Waals surface area contributed by atoms with E-state index in [4.69, 9.17) is 4.74 Å². The molecule has 1 aliphatic heterocycles. The fraction of sp³-hybridized carbons (Fsp3) is 0.625. The molecule has 1 N–H and O–H groups in total. The van der Waals surface area contributed by atoms with E-state index >= 15 is 0 Å². The largest absolute Gasteiger partial charge is 0.379 e. The molecule has 0 aliphatic carbocycles. The molecule has 118 valence electrons. The molecule has 2 unspecified atom stereocenters. The average molecular weight is 298 g/mol. The minimum absolute atomic E-state index is 0.0322. The van der Waals surface area contributed by atoms with Crippen molar-refractivity contribution in [1.82, 2.24) is 10.2 Å². The Hall–Kier alpha value is -1.04. The normalized spacial score (nSPS) is 21.4. The van der Waals surface area contributed by atoms with Gasteiger partial charge >= 0.3 is 0 Å². The predicted molar refractivity (Wildman–Crippen MR) is 79.2 cm³/mol. The lowest BCUT2D eigenvalue weighted by atomic mass is 10.0. The molecule has 0 spiro atoms. The summed E-state index contributed by atoms with van der Waals surface area (Å²) >= 11 is 0. The van der Waals surface area contributed by atoms with Crippen LogP contribution >= 0.6 is 0 Å². The maximum Gasteiger partial charge on any atom is 0.126 e. The maximum absolute atomic E-state index is 13.4. The van der Waals surface area contributed by atoms with Crippen LogP contribution in [0.25, 0.3) is 0 Å². The van der Waals surface area contributed by atoms with Crippen LogP contribution in [0.5, 0.6) is 0 Å². The molecule has 1 saturated heterocycles. The van der Waals surface area contributed by atoms with Crippen LogP contribution in [0, 0.1) is 11.6 Å². The van der Waals surface area contributed by atoms with Gasteiger partial charge in [0.1, 0.15) is 11.6 Å². The van der Waals surface area contributed by atoms with E-state index in [9.17, 15) is 8.78 Å². The average Bonchev–Trinajstić information content (AvgIpc) is 2.44. The Morgan fingerprint density at radius 2 is 2.05 bits per heavy atom. The van der Waals surface area contributed by atoms with Crippen molar-refractivity contribution < 1.29 is 13.5 Å². The van der Waals surface area contributed by atoms with Gasteiger partial charge in [0.15, 0.2) is 0 Å². The van der Waals surface area contributed by atoms with Gasteiger partial charge < -0.3 is 10.1 Å². The van der Waals surface area contributed by atoms with Crippen molar-refractivity contribution in [2.45, 2.75) is 32.4 Å². The molecule has 2 atom stereocenters. The van der Waals surface area contributed by atoms with Gasteiger partial charge in [-0.05, 0) is 37.6 Å². The van der Waals surface area contributed by atoms with Crippen molar-refractivity contribution >= 4 is 0 Å². The van der Waals surface area contributed by atoms with Crippen LogP contribution in [-0.4, -0.2) is 43.8 Å². The first-order valence-corrected chi connectivity index (χ1v) is 7.61. The summed E-state index contributed by atoms with van der Waals surface area (Å²) in [6.07, 6.45) is 0.821. The summed E-state index contributed by atoms with van der Waals surface area (Å²) in [5.74, 6) is -1.04. The van der Waals surface area contributed by atoms with Crippen LogP contribution in [-0.2, 0) is 4.74 Å². The van der Waals surface area contributed by atoms with Crippen LogP contribution in [0.2, 0.25) is 0 Å². The maximum atomic E-state index is 13.4. The highest BCUT2D eigenvalue weighted by Gasteiger charge is 2.20. The monoisotopic (exact) mass is 298 g/mol. The molecule has 1 fully saturated rings. The molecule has 0 saturated carbocycles. The summed E-state index contributed by atoms with van der Waals surface area (Å²) in [5.41, 5.74) is 0.676. The number of hydrogen-bond donors (Lipinski definition) is 1. The third-order valence-electron chi connectivity index (χ3n) is 3.95. The number of hydrogen-bond acceptors (Lipinski definition) is 3. The highest BCUT2D eigenvalue weighted by Crippen LogP contribution is 2.21. The van der Waals surface area contributed by atoms with E-state index in [2.05, 4.69) is 17.1 Å². The smallest absolute Gasteiger partial charge is 0.126 e. The Kier molecular flexibility index (Phi) is 6.08. The number of morpholine rings is 1. The molecule has 0 radical (unpaired) electrons. The second-order valence-electron chi connectivity index (χ2n) is 5.56. The third-order valence-corrected chi connectivity index (χ3v) is 3.95. The van der Waals surface area contributed by atoms with E-state index in [1.54, 1.807) is 0 Å². The number of nitrogens with zero attached hydrogens (tertiary/aromatic N) is 1. The van der Waals surface area contributed by atoms with Crippen molar-refractivity contribution in [3.63, 3.8) is 0 Å². The Labute approximate surface area is 125 Å². The molecular formula is C16H24F2N2O. The summed E-state index contributed by atoms with van der Waals surface area (Å²) in [6.45, 7) is 8.22. The first-order chi connectivity index (χ1) is 10.1. The summed E-state index contributed by atoms with van der Waals surface area (Å²) in [6, 6.07) is 4.11. The van der Waals surface area contributed by atoms with E-state index < -0.39 is 11.6 Å². The zero-order valence-electron chi connectivity index (χ0n) is 12.7. The minimum Gasteiger partial charge on any atom is -0.379 e. The quantitative estimate of drug-likeness (QED) is 0.874. The Morgan fingerprint density at radius 1 is 1.33 bits per heavy atom. The number of ether oxygens (including phenoxy) is 1. The van der Waals surface area contributed by atoms with Gasteiger partial charge in [-0.2, -0.15) is 0 Å². The van der Waals surface area contributed by atoms with Gasteiger partial charge in [-0.3, -0.25) is 4.90 Å². The summed E-state index contributed by atoms with van der Waals surface area (Å²) in [4.78, 5) is 2.36. The Bertz CT molecular complexity index is 436. The molecule has 2 rings (SSSR count). The molecule has 1 aromatic carbocycles. The number of nitrogens with one attached hydrogen (secondary N) is 1. The predicted octanol–water partition coefficient (Wildman–Crippen LogP) is 2.73. The van der Waals surface area contributed by atoms with Gasteiger partial charge in [0, 0.05) is 31.2 Å². The lowest BCUT2D eigenvalue weighted by Crippen LogP contribution is -2.44. The number of benzene rings is 1. The molecule has 0 bridgehead atoms. The van der Waals surface area contributed by atoms with E-state index in [0.29, 0.717) is 11.6 Å². The van der Waals surface area contributed by atoms with Crippen molar-refractivity contribution in [2.75, 3.05) is 32.8 Å². The van der Waals surface area contributed by atoms with Crippen molar-refractivity contribution in [3.05, 3.63) is 35.4 Å². The molecule has 1 heterocycles.